The van der Waals surface area contributed by atoms with Crippen molar-refractivity contribution in [2.24, 2.45) is 0 Å². The summed E-state index contributed by atoms with van der Waals surface area (Å²) in [6, 6.07) is 17.5. The van der Waals surface area contributed by atoms with Gasteiger partial charge in [0.2, 0.25) is 0 Å². The Morgan fingerprint density at radius 1 is 0.914 bits per heavy atom. The minimum atomic E-state index is -2.98. The second-order valence-electron chi connectivity index (χ2n) is 7.05. The molecule has 0 aromatic heterocycles. The van der Waals surface area contributed by atoms with E-state index >= 15 is 0 Å². The van der Waals surface area contributed by atoms with Crippen LogP contribution >= 0.6 is 0 Å². The molecule has 0 aliphatic heterocycles. The lowest BCUT2D eigenvalue weighted by atomic mass is 10.1. The number of para-hydroxylation sites is 2. The van der Waals surface area contributed by atoms with Crippen LogP contribution in [0.5, 0.6) is 23.0 Å². The number of ether oxygens (including phenoxy) is 4. The molecule has 3 aromatic rings. The number of alkyl halides is 2. The first-order valence-electron chi connectivity index (χ1n) is 10.4. The van der Waals surface area contributed by atoms with E-state index in [9.17, 15) is 18.4 Å². The van der Waals surface area contributed by atoms with E-state index in [-0.39, 0.29) is 23.8 Å². The Kier molecular flexibility index (Phi) is 8.77. The highest BCUT2D eigenvalue weighted by atomic mass is 19.3. The number of halogens is 2. The summed E-state index contributed by atoms with van der Waals surface area (Å²) in [7, 11) is 2.96. The second kappa shape index (κ2) is 12.2. The summed E-state index contributed by atoms with van der Waals surface area (Å²) in [5, 5.41) is 2.71. The molecule has 182 valence electrons. The van der Waals surface area contributed by atoms with Crippen molar-refractivity contribution >= 4 is 23.5 Å². The Balaban J connectivity index is 1.63. The van der Waals surface area contributed by atoms with Gasteiger partial charge in [0, 0.05) is 5.56 Å². The highest BCUT2D eigenvalue weighted by Gasteiger charge is 2.11. The molecule has 0 spiro atoms. The van der Waals surface area contributed by atoms with Crippen molar-refractivity contribution in [3.8, 4) is 23.0 Å². The number of amides is 1. The molecule has 35 heavy (non-hydrogen) atoms. The number of carbonyl (C=O) groups excluding carboxylic acids is 2. The van der Waals surface area contributed by atoms with Gasteiger partial charge in [-0.15, -0.1) is 0 Å². The Labute approximate surface area is 200 Å². The van der Waals surface area contributed by atoms with Gasteiger partial charge >= 0.3 is 6.61 Å². The average Bonchev–Trinajstić information content (AvgIpc) is 2.86. The Bertz CT molecular complexity index is 1210. The average molecular weight is 483 g/mol. The molecule has 0 aliphatic rings. The minimum absolute atomic E-state index is 0.0998. The number of nitrogens with one attached hydrogen (secondary N) is 1. The van der Waals surface area contributed by atoms with E-state index < -0.39 is 12.4 Å². The van der Waals surface area contributed by atoms with Crippen LogP contribution in [0.25, 0.3) is 6.08 Å². The van der Waals surface area contributed by atoms with Crippen molar-refractivity contribution in [3.05, 3.63) is 83.9 Å². The Hall–Kier alpha value is -4.40. The molecule has 0 fully saturated rings. The van der Waals surface area contributed by atoms with Crippen LogP contribution in [0.4, 0.5) is 14.5 Å². The number of methoxy groups -OCH3 is 2. The first kappa shape index (κ1) is 25.2. The van der Waals surface area contributed by atoms with Crippen LogP contribution in [0, 0.1) is 0 Å². The molecule has 0 saturated carbocycles. The molecule has 3 aromatic carbocycles. The normalized spacial score (nSPS) is 10.8. The van der Waals surface area contributed by atoms with Gasteiger partial charge in [0.1, 0.15) is 11.5 Å². The molecule has 0 saturated heterocycles. The van der Waals surface area contributed by atoms with Crippen LogP contribution in [0.2, 0.25) is 0 Å². The molecule has 0 aliphatic carbocycles. The number of ketones is 1. The molecule has 1 amide bonds. The number of rotatable bonds is 11. The van der Waals surface area contributed by atoms with Crippen molar-refractivity contribution in [1.82, 2.24) is 0 Å². The lowest BCUT2D eigenvalue weighted by molar-refractivity contribution is -0.118. The molecular weight excluding hydrogens is 460 g/mol. The van der Waals surface area contributed by atoms with Crippen molar-refractivity contribution in [3.63, 3.8) is 0 Å². The van der Waals surface area contributed by atoms with Crippen molar-refractivity contribution in [1.29, 1.82) is 0 Å². The zero-order valence-corrected chi connectivity index (χ0v) is 19.0. The van der Waals surface area contributed by atoms with Gasteiger partial charge in [-0.05, 0) is 48.0 Å². The molecule has 1 N–H and O–H groups in total. The van der Waals surface area contributed by atoms with E-state index in [2.05, 4.69) is 10.1 Å². The fourth-order valence-electron chi connectivity index (χ4n) is 3.08. The van der Waals surface area contributed by atoms with Crippen LogP contribution in [0.1, 0.15) is 15.9 Å². The van der Waals surface area contributed by atoms with Crippen molar-refractivity contribution < 1.29 is 37.3 Å². The number of carbonyl (C=O) groups is 2. The Morgan fingerprint density at radius 3 is 2.43 bits per heavy atom. The third-order valence-corrected chi connectivity index (χ3v) is 4.70. The van der Waals surface area contributed by atoms with Gasteiger partial charge in [-0.2, -0.15) is 8.78 Å². The predicted molar refractivity (Wildman–Crippen MR) is 127 cm³/mol. The molecule has 0 radical (unpaired) electrons. The smallest absolute Gasteiger partial charge is 0.387 e. The van der Waals surface area contributed by atoms with Crippen molar-refractivity contribution in [2.75, 3.05) is 26.1 Å². The van der Waals surface area contributed by atoms with Crippen LogP contribution in [-0.4, -0.2) is 39.1 Å². The molecule has 7 nitrogen and oxygen atoms in total. The maximum Gasteiger partial charge on any atom is 0.387 e. The Morgan fingerprint density at radius 2 is 1.69 bits per heavy atom. The van der Waals surface area contributed by atoms with Crippen LogP contribution in [0.3, 0.4) is 0 Å². The van der Waals surface area contributed by atoms with Gasteiger partial charge in [-0.25, -0.2) is 0 Å². The first-order valence-corrected chi connectivity index (χ1v) is 10.4. The van der Waals surface area contributed by atoms with Crippen LogP contribution in [-0.2, 0) is 4.79 Å². The van der Waals surface area contributed by atoms with Crippen molar-refractivity contribution in [2.45, 2.75) is 6.61 Å². The van der Waals surface area contributed by atoms with Gasteiger partial charge in [-0.1, -0.05) is 36.4 Å². The number of hydrogen-bond acceptors (Lipinski definition) is 6. The summed E-state index contributed by atoms with van der Waals surface area (Å²) in [5.74, 6) is 0.343. The van der Waals surface area contributed by atoms with Crippen LogP contribution < -0.4 is 24.3 Å². The predicted octanol–water partition coefficient (Wildman–Crippen LogP) is 5.22. The van der Waals surface area contributed by atoms with E-state index in [4.69, 9.17) is 14.2 Å². The standard InChI is InChI=1S/C26H23F2NO6/c1-32-22-9-4-3-8-20(22)29-25(31)16-34-23-13-11-17(14-24(23)33-2)10-12-21(30)18-6-5-7-19(15-18)35-26(27)28/h3-15,26H,16H2,1-2H3,(H,29,31)/b12-10+. The zero-order valence-electron chi connectivity index (χ0n) is 19.0. The first-order chi connectivity index (χ1) is 16.9. The monoisotopic (exact) mass is 483 g/mol. The summed E-state index contributed by atoms with van der Waals surface area (Å²) in [6.07, 6.45) is 2.85. The summed E-state index contributed by atoms with van der Waals surface area (Å²) < 4.78 is 45.2. The fraction of sp³-hybridized carbons (Fsp3) is 0.154. The molecule has 0 bridgehead atoms. The molecule has 0 atom stereocenters. The van der Waals surface area contributed by atoms with Gasteiger partial charge < -0.3 is 24.3 Å². The van der Waals surface area contributed by atoms with E-state index in [1.807, 2.05) is 0 Å². The van der Waals surface area contributed by atoms with Gasteiger partial charge in [0.05, 0.1) is 19.9 Å². The fourth-order valence-corrected chi connectivity index (χ4v) is 3.08. The molecule has 3 rings (SSSR count). The molecule has 0 heterocycles. The highest BCUT2D eigenvalue weighted by molar-refractivity contribution is 6.07. The number of allylic oxidation sites excluding steroid dienone is 1. The third-order valence-electron chi connectivity index (χ3n) is 4.70. The quantitative estimate of drug-likeness (QED) is 0.298. The maximum absolute atomic E-state index is 12.4. The van der Waals surface area contributed by atoms with E-state index in [0.717, 1.165) is 0 Å². The molecule has 9 heteroatoms. The van der Waals surface area contributed by atoms with Gasteiger partial charge in [0.25, 0.3) is 5.91 Å². The second-order valence-corrected chi connectivity index (χ2v) is 7.05. The zero-order chi connectivity index (χ0) is 25.2. The van der Waals surface area contributed by atoms with Crippen LogP contribution in [0.15, 0.2) is 72.8 Å². The SMILES string of the molecule is COc1ccccc1NC(=O)COc1ccc(/C=C/C(=O)c2cccc(OC(F)F)c2)cc1OC. The third kappa shape index (κ3) is 7.29. The number of hydrogen-bond donors (Lipinski definition) is 1. The summed E-state index contributed by atoms with van der Waals surface area (Å²) >= 11 is 0. The lowest BCUT2D eigenvalue weighted by Crippen LogP contribution is -2.20. The van der Waals surface area contributed by atoms with Gasteiger partial charge in [0.15, 0.2) is 23.9 Å². The molecular formula is C26H23F2NO6. The highest BCUT2D eigenvalue weighted by Crippen LogP contribution is 2.29. The summed E-state index contributed by atoms with van der Waals surface area (Å²) in [6.45, 7) is -3.24. The minimum Gasteiger partial charge on any atom is -0.495 e. The summed E-state index contributed by atoms with van der Waals surface area (Å²) in [5.41, 5.74) is 1.35. The largest absolute Gasteiger partial charge is 0.495 e. The number of anilines is 1. The van der Waals surface area contributed by atoms with E-state index in [0.29, 0.717) is 28.5 Å². The lowest BCUT2D eigenvalue weighted by Gasteiger charge is -2.13. The number of benzene rings is 3. The van der Waals surface area contributed by atoms with E-state index in [1.165, 1.54) is 44.6 Å². The van der Waals surface area contributed by atoms with Gasteiger partial charge in [-0.3, -0.25) is 9.59 Å². The maximum atomic E-state index is 12.4. The molecule has 0 unspecified atom stereocenters. The topological polar surface area (TPSA) is 83.1 Å². The summed E-state index contributed by atoms with van der Waals surface area (Å²) in [4.78, 5) is 24.7. The van der Waals surface area contributed by atoms with E-state index in [1.54, 1.807) is 48.5 Å².